The average Bonchev–Trinajstić information content (AvgIpc) is 2.39. The Hall–Kier alpha value is -0.710. The molecule has 0 bridgehead atoms. The van der Waals surface area contributed by atoms with Gasteiger partial charge < -0.3 is 10.5 Å². The molecule has 0 aliphatic rings. The van der Waals surface area contributed by atoms with Crippen molar-refractivity contribution < 1.29 is 8.95 Å². The Morgan fingerprint density at radius 2 is 1.79 bits per heavy atom. The second-order valence-corrected chi connectivity index (χ2v) is 6.71. The molecule has 0 aliphatic carbocycles. The summed E-state index contributed by atoms with van der Waals surface area (Å²) < 4.78 is 16.8. The predicted molar refractivity (Wildman–Crippen MR) is 81.8 cm³/mol. The van der Waals surface area contributed by atoms with E-state index in [1.54, 1.807) is 7.11 Å². The summed E-state index contributed by atoms with van der Waals surface area (Å²) in [5.41, 5.74) is 8.46. The van der Waals surface area contributed by atoms with Crippen LogP contribution in [0, 0.1) is 0 Å². The number of hydrogen-bond donors (Lipinski definition) is 1. The van der Waals surface area contributed by atoms with Crippen molar-refractivity contribution in [1.29, 1.82) is 0 Å². The highest BCUT2D eigenvalue weighted by Crippen LogP contribution is 2.18. The standard InChI is InChI=1S/C15H25NO2S/c1-12(2)13-5-7-14(8-6-13)15(16)11-19(17)10-4-9-18-3/h5-8,12,15H,4,9-11,16H2,1-3H3. The number of nitrogens with two attached hydrogens (primary N) is 1. The third-order valence-corrected chi connectivity index (χ3v) is 4.59. The van der Waals surface area contributed by atoms with Gasteiger partial charge in [-0.2, -0.15) is 0 Å². The van der Waals surface area contributed by atoms with Crippen molar-refractivity contribution in [2.75, 3.05) is 25.2 Å². The molecule has 4 heteroatoms. The summed E-state index contributed by atoms with van der Waals surface area (Å²) in [4.78, 5) is 0. The van der Waals surface area contributed by atoms with E-state index >= 15 is 0 Å². The molecule has 1 aromatic carbocycles. The first-order valence-electron chi connectivity index (χ1n) is 6.74. The van der Waals surface area contributed by atoms with Crippen LogP contribution in [0.2, 0.25) is 0 Å². The van der Waals surface area contributed by atoms with Crippen LogP contribution in [0.1, 0.15) is 43.4 Å². The van der Waals surface area contributed by atoms with Gasteiger partial charge in [0.25, 0.3) is 0 Å². The second-order valence-electron chi connectivity index (χ2n) is 5.08. The van der Waals surface area contributed by atoms with E-state index in [0.29, 0.717) is 24.0 Å². The summed E-state index contributed by atoms with van der Waals surface area (Å²) >= 11 is 0. The molecule has 0 radical (unpaired) electrons. The molecular weight excluding hydrogens is 258 g/mol. The maximum atomic E-state index is 11.9. The van der Waals surface area contributed by atoms with Crippen LogP contribution in [0.15, 0.2) is 24.3 Å². The monoisotopic (exact) mass is 283 g/mol. The van der Waals surface area contributed by atoms with Gasteiger partial charge in [0.1, 0.15) is 0 Å². The van der Waals surface area contributed by atoms with Gasteiger partial charge in [-0.05, 0) is 23.5 Å². The van der Waals surface area contributed by atoms with Gasteiger partial charge in [-0.3, -0.25) is 4.21 Å². The predicted octanol–water partition coefficient (Wildman–Crippen LogP) is 2.60. The van der Waals surface area contributed by atoms with Crippen LogP contribution >= 0.6 is 0 Å². The minimum absolute atomic E-state index is 0.149. The lowest BCUT2D eigenvalue weighted by molar-refractivity contribution is 0.200. The Labute approximate surface area is 119 Å². The molecule has 2 atom stereocenters. The zero-order valence-corrected chi connectivity index (χ0v) is 12.9. The number of hydrogen-bond acceptors (Lipinski definition) is 3. The van der Waals surface area contributed by atoms with E-state index in [1.165, 1.54) is 5.56 Å². The highest BCUT2D eigenvalue weighted by atomic mass is 32.2. The summed E-state index contributed by atoms with van der Waals surface area (Å²) in [6.45, 7) is 4.99. The smallest absolute Gasteiger partial charge is 0.0471 e. The fourth-order valence-electron chi connectivity index (χ4n) is 1.87. The molecule has 3 nitrogen and oxygen atoms in total. The number of benzene rings is 1. The van der Waals surface area contributed by atoms with E-state index < -0.39 is 10.8 Å². The van der Waals surface area contributed by atoms with Crippen LogP contribution in [0.3, 0.4) is 0 Å². The van der Waals surface area contributed by atoms with Crippen LogP contribution in [-0.2, 0) is 15.5 Å². The second kappa shape index (κ2) is 8.46. The van der Waals surface area contributed by atoms with Gasteiger partial charge in [-0.1, -0.05) is 38.1 Å². The maximum absolute atomic E-state index is 11.9. The third-order valence-electron chi connectivity index (χ3n) is 3.12. The maximum Gasteiger partial charge on any atom is 0.0471 e. The fourth-order valence-corrected chi connectivity index (χ4v) is 3.07. The molecule has 0 saturated heterocycles. The average molecular weight is 283 g/mol. The van der Waals surface area contributed by atoms with Crippen LogP contribution < -0.4 is 5.73 Å². The lowest BCUT2D eigenvalue weighted by Crippen LogP contribution is -2.20. The van der Waals surface area contributed by atoms with E-state index in [4.69, 9.17) is 10.5 Å². The van der Waals surface area contributed by atoms with Gasteiger partial charge in [0.2, 0.25) is 0 Å². The normalized spacial score (nSPS) is 14.6. The molecule has 2 unspecified atom stereocenters. The molecule has 0 saturated carbocycles. The zero-order valence-electron chi connectivity index (χ0n) is 12.1. The summed E-state index contributed by atoms with van der Waals surface area (Å²) in [5.74, 6) is 1.70. The Morgan fingerprint density at radius 3 is 2.32 bits per heavy atom. The summed E-state index contributed by atoms with van der Waals surface area (Å²) in [7, 11) is 0.786. The summed E-state index contributed by atoms with van der Waals surface area (Å²) in [6.07, 6.45) is 0.822. The minimum atomic E-state index is -0.871. The third kappa shape index (κ3) is 5.85. The Kier molecular flexibility index (Phi) is 7.28. The number of methoxy groups -OCH3 is 1. The van der Waals surface area contributed by atoms with Gasteiger partial charge in [-0.25, -0.2) is 0 Å². The van der Waals surface area contributed by atoms with E-state index in [2.05, 4.69) is 26.0 Å². The van der Waals surface area contributed by atoms with Gasteiger partial charge in [-0.15, -0.1) is 0 Å². The van der Waals surface area contributed by atoms with Crippen molar-refractivity contribution in [3.05, 3.63) is 35.4 Å². The van der Waals surface area contributed by atoms with Crippen molar-refractivity contribution in [2.24, 2.45) is 5.73 Å². The van der Waals surface area contributed by atoms with Crippen molar-refractivity contribution in [3.63, 3.8) is 0 Å². The lowest BCUT2D eigenvalue weighted by atomic mass is 10.00. The summed E-state index contributed by atoms with van der Waals surface area (Å²) in [6, 6.07) is 8.16. The quantitative estimate of drug-likeness (QED) is 0.746. The van der Waals surface area contributed by atoms with Crippen LogP contribution in [0.25, 0.3) is 0 Å². The Balaban J connectivity index is 2.48. The number of rotatable bonds is 8. The largest absolute Gasteiger partial charge is 0.385 e. The summed E-state index contributed by atoms with van der Waals surface area (Å²) in [5, 5.41) is 0. The molecule has 1 aromatic rings. The van der Waals surface area contributed by atoms with Crippen molar-refractivity contribution >= 4 is 10.8 Å². The lowest BCUT2D eigenvalue weighted by Gasteiger charge is -2.13. The van der Waals surface area contributed by atoms with Crippen molar-refractivity contribution in [2.45, 2.75) is 32.2 Å². The number of ether oxygens (including phenoxy) is 1. The first-order chi connectivity index (χ1) is 9.04. The highest BCUT2D eigenvalue weighted by Gasteiger charge is 2.11. The van der Waals surface area contributed by atoms with E-state index in [0.717, 1.165) is 12.0 Å². The van der Waals surface area contributed by atoms with Crippen LogP contribution in [0.4, 0.5) is 0 Å². The molecule has 1 rings (SSSR count). The van der Waals surface area contributed by atoms with Gasteiger partial charge in [0.15, 0.2) is 0 Å². The molecule has 0 aliphatic heterocycles. The van der Waals surface area contributed by atoms with Crippen LogP contribution in [-0.4, -0.2) is 29.4 Å². The molecule has 0 fully saturated rings. The van der Waals surface area contributed by atoms with Crippen molar-refractivity contribution in [3.8, 4) is 0 Å². The highest BCUT2D eigenvalue weighted by molar-refractivity contribution is 7.85. The fraction of sp³-hybridized carbons (Fsp3) is 0.600. The van der Waals surface area contributed by atoms with E-state index in [1.807, 2.05) is 12.1 Å². The van der Waals surface area contributed by atoms with Gasteiger partial charge in [0.05, 0.1) is 0 Å². The molecule has 0 aromatic heterocycles. The molecule has 0 amide bonds. The van der Waals surface area contributed by atoms with E-state index in [9.17, 15) is 4.21 Å². The van der Waals surface area contributed by atoms with Crippen LogP contribution in [0.5, 0.6) is 0 Å². The van der Waals surface area contributed by atoms with Gasteiger partial charge in [0, 0.05) is 42.1 Å². The zero-order chi connectivity index (χ0) is 14.3. The van der Waals surface area contributed by atoms with Crippen molar-refractivity contribution in [1.82, 2.24) is 0 Å². The molecule has 0 spiro atoms. The topological polar surface area (TPSA) is 52.3 Å². The Morgan fingerprint density at radius 1 is 1.21 bits per heavy atom. The molecule has 2 N–H and O–H groups in total. The molecule has 108 valence electrons. The molecule has 0 heterocycles. The Bertz CT molecular complexity index is 390. The molecular formula is C15H25NO2S. The first kappa shape index (κ1) is 16.3. The first-order valence-corrected chi connectivity index (χ1v) is 8.22. The molecule has 19 heavy (non-hydrogen) atoms. The van der Waals surface area contributed by atoms with Gasteiger partial charge >= 0.3 is 0 Å². The SMILES string of the molecule is COCCCS(=O)CC(N)c1ccc(C(C)C)cc1. The van der Waals surface area contributed by atoms with E-state index in [-0.39, 0.29) is 6.04 Å². The minimum Gasteiger partial charge on any atom is -0.385 e.